The van der Waals surface area contributed by atoms with Crippen molar-refractivity contribution in [2.24, 2.45) is 0 Å². The van der Waals surface area contributed by atoms with E-state index in [1.54, 1.807) is 30.3 Å². The first-order valence-electron chi connectivity index (χ1n) is 7.74. The van der Waals surface area contributed by atoms with Gasteiger partial charge in [0.15, 0.2) is 6.10 Å². The van der Waals surface area contributed by atoms with E-state index in [2.05, 4.69) is 5.32 Å². The highest BCUT2D eigenvalue weighted by atomic mass is 35.5. The van der Waals surface area contributed by atoms with Gasteiger partial charge in [0.25, 0.3) is 5.91 Å². The highest BCUT2D eigenvalue weighted by Gasteiger charge is 2.22. The van der Waals surface area contributed by atoms with Crippen molar-refractivity contribution in [1.82, 2.24) is 0 Å². The molecular weight excluding hydrogens is 342 g/mol. The number of ether oxygens (including phenoxy) is 2. The molecule has 0 saturated heterocycles. The lowest BCUT2D eigenvalue weighted by molar-refractivity contribution is -0.123. The quantitative estimate of drug-likeness (QED) is 0.812. The molecule has 132 valence electrons. The summed E-state index contributed by atoms with van der Waals surface area (Å²) < 4.78 is 10.4. The Balaban J connectivity index is 2.09. The fraction of sp³-hybridized carbons (Fsp3) is 0.263. The lowest BCUT2D eigenvalue weighted by Crippen LogP contribution is -2.30. The molecule has 0 aliphatic rings. The zero-order valence-electron chi connectivity index (χ0n) is 14.6. The topological polar surface area (TPSA) is 64.6 Å². The van der Waals surface area contributed by atoms with E-state index in [1.165, 1.54) is 14.0 Å². The van der Waals surface area contributed by atoms with E-state index in [0.717, 1.165) is 11.1 Å². The van der Waals surface area contributed by atoms with Gasteiger partial charge in [0.05, 0.1) is 7.11 Å². The minimum Gasteiger partial charge on any atom is -0.496 e. The number of anilines is 1. The summed E-state index contributed by atoms with van der Waals surface area (Å²) in [5.74, 6) is -0.662. The van der Waals surface area contributed by atoms with Gasteiger partial charge in [-0.1, -0.05) is 29.3 Å². The lowest BCUT2D eigenvalue weighted by atomic mass is 10.1. The Morgan fingerprint density at radius 2 is 1.84 bits per heavy atom. The first kappa shape index (κ1) is 18.8. The average Bonchev–Trinajstić information content (AvgIpc) is 2.57. The second-order valence-corrected chi connectivity index (χ2v) is 6.14. The molecule has 0 aliphatic heterocycles. The maximum Gasteiger partial charge on any atom is 0.342 e. The molecule has 0 aromatic heterocycles. The van der Waals surface area contributed by atoms with Gasteiger partial charge in [-0.25, -0.2) is 4.79 Å². The molecule has 2 aromatic carbocycles. The summed E-state index contributed by atoms with van der Waals surface area (Å²) in [6, 6.07) is 10.4. The molecule has 0 saturated carbocycles. The van der Waals surface area contributed by atoms with Crippen LogP contribution in [0.5, 0.6) is 5.75 Å². The van der Waals surface area contributed by atoms with Crippen LogP contribution in [0.15, 0.2) is 36.4 Å². The van der Waals surface area contributed by atoms with Crippen LogP contribution in [-0.4, -0.2) is 25.1 Å². The molecule has 0 bridgehead atoms. The minimum absolute atomic E-state index is 0.279. The molecule has 0 fully saturated rings. The van der Waals surface area contributed by atoms with Crippen molar-refractivity contribution < 1.29 is 19.1 Å². The van der Waals surface area contributed by atoms with Gasteiger partial charge in [-0.05, 0) is 50.6 Å². The van der Waals surface area contributed by atoms with Gasteiger partial charge in [0.2, 0.25) is 0 Å². The first-order chi connectivity index (χ1) is 11.8. The Morgan fingerprint density at radius 3 is 2.52 bits per heavy atom. The number of carbonyl (C=O) groups excluding carboxylic acids is 2. The maximum absolute atomic E-state index is 12.4. The Bertz CT molecular complexity index is 804. The van der Waals surface area contributed by atoms with Crippen molar-refractivity contribution in [1.29, 1.82) is 0 Å². The predicted molar refractivity (Wildman–Crippen MR) is 97.4 cm³/mol. The second kappa shape index (κ2) is 8.03. The van der Waals surface area contributed by atoms with E-state index in [0.29, 0.717) is 16.5 Å². The Morgan fingerprint density at radius 1 is 1.12 bits per heavy atom. The number of esters is 1. The summed E-state index contributed by atoms with van der Waals surface area (Å²) in [5, 5.41) is 3.23. The number of aryl methyl sites for hydroxylation is 2. The summed E-state index contributed by atoms with van der Waals surface area (Å²) in [7, 11) is 1.47. The van der Waals surface area contributed by atoms with Crippen molar-refractivity contribution in [2.75, 3.05) is 12.4 Å². The van der Waals surface area contributed by atoms with Gasteiger partial charge in [0, 0.05) is 10.7 Å². The summed E-state index contributed by atoms with van der Waals surface area (Å²) >= 11 is 5.94. The zero-order valence-corrected chi connectivity index (χ0v) is 15.3. The molecule has 1 amide bonds. The number of hydrogen-bond acceptors (Lipinski definition) is 4. The molecule has 25 heavy (non-hydrogen) atoms. The molecule has 2 rings (SSSR count). The van der Waals surface area contributed by atoms with Gasteiger partial charge in [-0.2, -0.15) is 0 Å². The Kier molecular flexibility index (Phi) is 6.04. The molecule has 5 nitrogen and oxygen atoms in total. The fourth-order valence-corrected chi connectivity index (χ4v) is 2.39. The van der Waals surface area contributed by atoms with Crippen LogP contribution < -0.4 is 10.1 Å². The highest BCUT2D eigenvalue weighted by molar-refractivity contribution is 6.31. The van der Waals surface area contributed by atoms with Crippen molar-refractivity contribution in [3.8, 4) is 5.75 Å². The van der Waals surface area contributed by atoms with Crippen LogP contribution in [-0.2, 0) is 9.53 Å². The highest BCUT2D eigenvalue weighted by Crippen LogP contribution is 2.22. The molecule has 2 aromatic rings. The van der Waals surface area contributed by atoms with Gasteiger partial charge < -0.3 is 14.8 Å². The van der Waals surface area contributed by atoms with Crippen LogP contribution in [0.25, 0.3) is 0 Å². The number of hydrogen-bond donors (Lipinski definition) is 1. The molecule has 0 unspecified atom stereocenters. The Labute approximate surface area is 151 Å². The minimum atomic E-state index is -0.976. The number of amides is 1. The number of benzene rings is 2. The van der Waals surface area contributed by atoms with E-state index in [-0.39, 0.29) is 5.56 Å². The van der Waals surface area contributed by atoms with E-state index in [9.17, 15) is 9.59 Å². The average molecular weight is 362 g/mol. The van der Waals surface area contributed by atoms with Crippen molar-refractivity contribution in [3.05, 3.63) is 58.1 Å². The van der Waals surface area contributed by atoms with Crippen molar-refractivity contribution in [2.45, 2.75) is 26.9 Å². The molecular formula is C19H20ClNO4. The molecule has 0 spiro atoms. The molecule has 6 heteroatoms. The van der Waals surface area contributed by atoms with Gasteiger partial charge >= 0.3 is 5.97 Å². The third-order valence-corrected chi connectivity index (χ3v) is 3.92. The maximum atomic E-state index is 12.4. The van der Waals surface area contributed by atoms with E-state index < -0.39 is 18.0 Å². The van der Waals surface area contributed by atoms with E-state index in [4.69, 9.17) is 21.1 Å². The molecule has 0 heterocycles. The summed E-state index contributed by atoms with van der Waals surface area (Å²) in [6.45, 7) is 5.21. The molecule has 0 aliphatic carbocycles. The van der Waals surface area contributed by atoms with Crippen LogP contribution in [0.4, 0.5) is 5.69 Å². The van der Waals surface area contributed by atoms with Crippen molar-refractivity contribution >= 4 is 29.2 Å². The smallest absolute Gasteiger partial charge is 0.342 e. The number of methoxy groups -OCH3 is 1. The molecule has 1 N–H and O–H groups in total. The van der Waals surface area contributed by atoms with Crippen LogP contribution >= 0.6 is 11.6 Å². The number of carbonyl (C=O) groups is 2. The largest absolute Gasteiger partial charge is 0.496 e. The predicted octanol–water partition coefficient (Wildman–Crippen LogP) is 4.15. The van der Waals surface area contributed by atoms with Gasteiger partial charge in [-0.3, -0.25) is 4.79 Å². The van der Waals surface area contributed by atoms with Crippen LogP contribution in [0.1, 0.15) is 28.4 Å². The Hall–Kier alpha value is -2.53. The standard InChI is InChI=1S/C19H20ClNO4/c1-11-5-8-17(24-4)15(9-11)19(23)25-13(3)18(22)21-16-10-14(20)7-6-12(16)2/h5-10,13H,1-4H3,(H,21,22)/t13-/m1/s1. The third-order valence-electron chi connectivity index (χ3n) is 3.69. The van der Waals surface area contributed by atoms with E-state index in [1.807, 2.05) is 19.9 Å². The summed E-state index contributed by atoms with van der Waals surface area (Å²) in [4.78, 5) is 24.7. The lowest BCUT2D eigenvalue weighted by Gasteiger charge is -2.16. The van der Waals surface area contributed by atoms with Crippen LogP contribution in [0, 0.1) is 13.8 Å². The first-order valence-corrected chi connectivity index (χ1v) is 8.12. The number of nitrogens with one attached hydrogen (secondary N) is 1. The van der Waals surface area contributed by atoms with E-state index >= 15 is 0 Å². The third kappa shape index (κ3) is 4.73. The number of rotatable bonds is 5. The summed E-state index contributed by atoms with van der Waals surface area (Å²) in [6.07, 6.45) is -0.976. The zero-order chi connectivity index (χ0) is 18.6. The van der Waals surface area contributed by atoms with Crippen LogP contribution in [0.2, 0.25) is 5.02 Å². The van der Waals surface area contributed by atoms with Crippen molar-refractivity contribution in [3.63, 3.8) is 0 Å². The second-order valence-electron chi connectivity index (χ2n) is 5.70. The molecule has 1 atom stereocenters. The fourth-order valence-electron chi connectivity index (χ4n) is 2.22. The molecule has 0 radical (unpaired) electrons. The number of halogens is 1. The normalized spacial score (nSPS) is 11.6. The van der Waals surface area contributed by atoms with Gasteiger partial charge in [0.1, 0.15) is 11.3 Å². The SMILES string of the molecule is COc1ccc(C)cc1C(=O)O[C@H](C)C(=O)Nc1cc(Cl)ccc1C. The van der Waals surface area contributed by atoms with Gasteiger partial charge in [-0.15, -0.1) is 0 Å². The monoisotopic (exact) mass is 361 g/mol. The summed E-state index contributed by atoms with van der Waals surface area (Å²) in [5.41, 5.74) is 2.60. The van der Waals surface area contributed by atoms with Crippen LogP contribution in [0.3, 0.4) is 0 Å².